The van der Waals surface area contributed by atoms with Crippen molar-refractivity contribution in [1.29, 1.82) is 0 Å². The summed E-state index contributed by atoms with van der Waals surface area (Å²) >= 11 is 5.01. The van der Waals surface area contributed by atoms with E-state index in [0.717, 1.165) is 20.6 Å². The highest BCUT2D eigenvalue weighted by Gasteiger charge is 2.06. The van der Waals surface area contributed by atoms with E-state index in [-0.39, 0.29) is 12.1 Å². The topological polar surface area (TPSA) is 53.2 Å². The highest BCUT2D eigenvalue weighted by atomic mass is 79.9. The molecule has 1 heterocycles. The second-order valence-electron chi connectivity index (χ2n) is 4.67. The predicted octanol–water partition coefficient (Wildman–Crippen LogP) is 4.11. The number of thiophene rings is 1. The zero-order valence-corrected chi connectivity index (χ0v) is 14.3. The maximum atomic E-state index is 11.9. The molecule has 6 heteroatoms. The molecule has 1 aromatic heterocycles. The fourth-order valence-corrected chi connectivity index (χ4v) is 3.23. The van der Waals surface area contributed by atoms with Crippen molar-refractivity contribution in [2.24, 2.45) is 0 Å². The van der Waals surface area contributed by atoms with E-state index in [1.54, 1.807) is 11.3 Å². The number of carbonyl (C=O) groups excluding carboxylic acids is 1. The van der Waals surface area contributed by atoms with Gasteiger partial charge in [0.15, 0.2) is 0 Å². The maximum Gasteiger partial charge on any atom is 0.319 e. The summed E-state index contributed by atoms with van der Waals surface area (Å²) in [5, 5.41) is 10.9. The highest BCUT2D eigenvalue weighted by Crippen LogP contribution is 2.19. The molecule has 112 valence electrons. The Hall–Kier alpha value is -1.37. The lowest BCUT2D eigenvalue weighted by Crippen LogP contribution is -2.27. The largest absolute Gasteiger partial charge is 0.333 e. The number of hydrogen-bond acceptors (Lipinski definition) is 3. The first-order chi connectivity index (χ1) is 10.1. The van der Waals surface area contributed by atoms with E-state index in [0.29, 0.717) is 6.54 Å². The first-order valence-corrected chi connectivity index (χ1v) is 8.30. The molecule has 1 atom stereocenters. The molecule has 1 aromatic carbocycles. The maximum absolute atomic E-state index is 11.9. The summed E-state index contributed by atoms with van der Waals surface area (Å²) in [6.45, 7) is 2.60. The van der Waals surface area contributed by atoms with Gasteiger partial charge in [-0.1, -0.05) is 12.1 Å². The van der Waals surface area contributed by atoms with E-state index < -0.39 is 0 Å². The summed E-state index contributed by atoms with van der Waals surface area (Å²) in [6.07, 6.45) is 0. The normalized spacial score (nSPS) is 12.0. The smallest absolute Gasteiger partial charge is 0.319 e. The van der Waals surface area contributed by atoms with Crippen LogP contribution in [0.5, 0.6) is 0 Å². The average Bonchev–Trinajstić information content (AvgIpc) is 2.90. The van der Waals surface area contributed by atoms with Gasteiger partial charge in [-0.2, -0.15) is 0 Å². The van der Waals surface area contributed by atoms with Crippen LogP contribution in [0.1, 0.15) is 23.4 Å². The van der Waals surface area contributed by atoms with Crippen LogP contribution in [0.15, 0.2) is 40.2 Å². The molecule has 0 saturated heterocycles. The Morgan fingerprint density at radius 1 is 1.38 bits per heavy atom. The summed E-state index contributed by atoms with van der Waals surface area (Å²) in [7, 11) is 1.91. The minimum atomic E-state index is -0.200. The Balaban J connectivity index is 1.90. The van der Waals surface area contributed by atoms with Crippen LogP contribution in [0.2, 0.25) is 0 Å². The van der Waals surface area contributed by atoms with Crippen LogP contribution in [0.25, 0.3) is 0 Å². The van der Waals surface area contributed by atoms with Crippen LogP contribution < -0.4 is 16.0 Å². The monoisotopic (exact) mass is 367 g/mol. The molecule has 2 aromatic rings. The van der Waals surface area contributed by atoms with Crippen molar-refractivity contribution < 1.29 is 4.79 Å². The number of benzene rings is 1. The van der Waals surface area contributed by atoms with Crippen LogP contribution in [0.3, 0.4) is 0 Å². The van der Waals surface area contributed by atoms with Crippen molar-refractivity contribution in [3.05, 3.63) is 50.6 Å². The summed E-state index contributed by atoms with van der Waals surface area (Å²) < 4.78 is 1.04. The van der Waals surface area contributed by atoms with Crippen molar-refractivity contribution in [1.82, 2.24) is 10.6 Å². The molecular formula is C15H18BrN3OS. The Labute approximate surface area is 137 Å². The van der Waals surface area contributed by atoms with Crippen molar-refractivity contribution in [2.75, 3.05) is 12.4 Å². The molecule has 1 unspecified atom stereocenters. The quantitative estimate of drug-likeness (QED) is 0.744. The molecule has 0 aliphatic heterocycles. The number of anilines is 1. The molecule has 0 saturated carbocycles. The molecule has 4 nitrogen and oxygen atoms in total. The van der Waals surface area contributed by atoms with Crippen LogP contribution >= 0.6 is 27.3 Å². The number of nitrogens with one attached hydrogen (secondary N) is 3. The highest BCUT2D eigenvalue weighted by molar-refractivity contribution is 9.10. The summed E-state index contributed by atoms with van der Waals surface area (Å²) in [5.41, 5.74) is 1.93. The molecule has 0 aliphatic rings. The predicted molar refractivity (Wildman–Crippen MR) is 91.8 cm³/mol. The van der Waals surface area contributed by atoms with Crippen molar-refractivity contribution in [2.45, 2.75) is 19.5 Å². The molecule has 0 aliphatic carbocycles. The number of hydrogen-bond donors (Lipinski definition) is 3. The number of urea groups is 1. The molecule has 2 amide bonds. The van der Waals surface area contributed by atoms with Gasteiger partial charge in [-0.3, -0.25) is 0 Å². The van der Waals surface area contributed by atoms with E-state index >= 15 is 0 Å². The van der Waals surface area contributed by atoms with Gasteiger partial charge < -0.3 is 16.0 Å². The average molecular weight is 368 g/mol. The second kappa shape index (κ2) is 7.59. The van der Waals surface area contributed by atoms with E-state index in [1.807, 2.05) is 42.8 Å². The molecule has 21 heavy (non-hydrogen) atoms. The third-order valence-electron chi connectivity index (χ3n) is 3.12. The lowest BCUT2D eigenvalue weighted by Gasteiger charge is -2.13. The molecule has 0 bridgehead atoms. The minimum Gasteiger partial charge on any atom is -0.333 e. The van der Waals surface area contributed by atoms with Gasteiger partial charge in [-0.25, -0.2) is 4.79 Å². The Kier molecular flexibility index (Phi) is 5.78. The van der Waals surface area contributed by atoms with Gasteiger partial charge in [0.05, 0.1) is 6.54 Å². The van der Waals surface area contributed by atoms with Crippen LogP contribution in [0.4, 0.5) is 10.5 Å². The molecule has 2 rings (SSSR count). The lowest BCUT2D eigenvalue weighted by atomic mass is 10.1. The van der Waals surface area contributed by atoms with Crippen LogP contribution in [0, 0.1) is 0 Å². The van der Waals surface area contributed by atoms with Crippen LogP contribution in [-0.2, 0) is 6.54 Å². The van der Waals surface area contributed by atoms with Gasteiger partial charge in [0, 0.05) is 26.5 Å². The summed E-state index contributed by atoms with van der Waals surface area (Å²) in [6, 6.07) is 9.88. The van der Waals surface area contributed by atoms with E-state index in [4.69, 9.17) is 0 Å². The fourth-order valence-electron chi connectivity index (χ4n) is 1.84. The number of carbonyl (C=O) groups is 1. The molecule has 0 radical (unpaired) electrons. The zero-order valence-electron chi connectivity index (χ0n) is 11.9. The number of halogens is 1. The van der Waals surface area contributed by atoms with Crippen molar-refractivity contribution in [3.63, 3.8) is 0 Å². The minimum absolute atomic E-state index is 0.200. The second-order valence-corrected chi connectivity index (χ2v) is 6.59. The third-order valence-corrected chi connectivity index (χ3v) is 4.82. The molecular weight excluding hydrogens is 350 g/mol. The Bertz CT molecular complexity index is 614. The lowest BCUT2D eigenvalue weighted by molar-refractivity contribution is 0.252. The van der Waals surface area contributed by atoms with Gasteiger partial charge in [-0.05, 0) is 53.7 Å². The van der Waals surface area contributed by atoms with E-state index in [9.17, 15) is 4.79 Å². The zero-order chi connectivity index (χ0) is 15.2. The SMILES string of the molecule is CNC(C)c1cccc(NC(=O)NCc2cc(Br)cs2)c1. The van der Waals surface area contributed by atoms with Gasteiger partial charge >= 0.3 is 6.03 Å². The summed E-state index contributed by atoms with van der Waals surface area (Å²) in [4.78, 5) is 13.0. The standard InChI is InChI=1S/C15H18BrN3OS/c1-10(17-2)11-4-3-5-13(6-11)19-15(20)18-8-14-7-12(16)9-21-14/h3-7,9-10,17H,8H2,1-2H3,(H2,18,19,20). The van der Waals surface area contributed by atoms with Gasteiger partial charge in [0.25, 0.3) is 0 Å². The Morgan fingerprint density at radius 2 is 2.19 bits per heavy atom. The molecule has 0 fully saturated rings. The third kappa shape index (κ3) is 4.84. The number of rotatable bonds is 5. The van der Waals surface area contributed by atoms with Gasteiger partial charge in [-0.15, -0.1) is 11.3 Å². The van der Waals surface area contributed by atoms with E-state index in [1.165, 1.54) is 0 Å². The first kappa shape index (κ1) is 16.0. The van der Waals surface area contributed by atoms with Gasteiger partial charge in [0.1, 0.15) is 0 Å². The summed E-state index contributed by atoms with van der Waals surface area (Å²) in [5.74, 6) is 0. The molecule has 3 N–H and O–H groups in total. The molecule has 0 spiro atoms. The van der Waals surface area contributed by atoms with Crippen LogP contribution in [-0.4, -0.2) is 13.1 Å². The van der Waals surface area contributed by atoms with Crippen molar-refractivity contribution in [3.8, 4) is 0 Å². The van der Waals surface area contributed by atoms with E-state index in [2.05, 4.69) is 38.8 Å². The number of amides is 2. The fraction of sp³-hybridized carbons (Fsp3) is 0.267. The Morgan fingerprint density at radius 3 is 2.86 bits per heavy atom. The van der Waals surface area contributed by atoms with Gasteiger partial charge in [0.2, 0.25) is 0 Å². The first-order valence-electron chi connectivity index (χ1n) is 6.63. The van der Waals surface area contributed by atoms with Crippen molar-refractivity contribution >= 4 is 39.0 Å².